The van der Waals surface area contributed by atoms with Crippen LogP contribution in [0, 0.1) is 12.3 Å². The number of carbonyl (C=O) groups is 1. The van der Waals surface area contributed by atoms with E-state index < -0.39 is 71.0 Å². The SMILES string of the molecule is C#CCOCCOCCOCCOCCNC(=O)O[C@@H]([C@@H]1O[C@H](S(=O)(=O)O)C[C@H](N=C(N)N)[C@H]1N)[C@H](O)CO. The fraction of sp³-hybridized carbons (Fsp3) is 0.810. The molecule has 0 aliphatic carbocycles. The molecule has 10 N–H and O–H groups in total. The molecule has 1 saturated heterocycles. The smallest absolute Gasteiger partial charge is 0.407 e. The lowest BCUT2D eigenvalue weighted by Gasteiger charge is -2.41. The Balaban J connectivity index is 2.47. The summed E-state index contributed by atoms with van der Waals surface area (Å²) in [5, 5.41) is 22.1. The van der Waals surface area contributed by atoms with Crippen LogP contribution in [0.25, 0.3) is 0 Å². The van der Waals surface area contributed by atoms with Crippen molar-refractivity contribution in [3.8, 4) is 12.3 Å². The average molecular weight is 586 g/mol. The van der Waals surface area contributed by atoms with Crippen molar-refractivity contribution in [3.63, 3.8) is 0 Å². The Hall–Kier alpha value is -2.31. The number of rotatable bonds is 19. The molecule has 17 nitrogen and oxygen atoms in total. The topological polar surface area (TPSA) is 270 Å². The molecular weight excluding hydrogens is 546 g/mol. The summed E-state index contributed by atoms with van der Waals surface area (Å²) in [4.78, 5) is 16.2. The van der Waals surface area contributed by atoms with Crippen LogP contribution in [0.5, 0.6) is 0 Å². The van der Waals surface area contributed by atoms with Crippen molar-refractivity contribution >= 4 is 22.2 Å². The van der Waals surface area contributed by atoms with E-state index in [-0.39, 0.29) is 33.0 Å². The van der Waals surface area contributed by atoms with Crippen LogP contribution < -0.4 is 22.5 Å². The van der Waals surface area contributed by atoms with Gasteiger partial charge in [0.1, 0.15) is 18.8 Å². The zero-order chi connectivity index (χ0) is 29.3. The van der Waals surface area contributed by atoms with E-state index in [0.29, 0.717) is 26.4 Å². The van der Waals surface area contributed by atoms with E-state index in [1.807, 2.05) is 0 Å². The van der Waals surface area contributed by atoms with Gasteiger partial charge < -0.3 is 61.2 Å². The van der Waals surface area contributed by atoms with Gasteiger partial charge in [-0.3, -0.25) is 4.55 Å². The molecule has 1 fully saturated rings. The molecule has 18 heteroatoms. The molecule has 0 saturated carbocycles. The number of ether oxygens (including phenoxy) is 6. The third-order valence-electron chi connectivity index (χ3n) is 5.16. The summed E-state index contributed by atoms with van der Waals surface area (Å²) in [7, 11) is -4.76. The van der Waals surface area contributed by atoms with Crippen molar-refractivity contribution in [1.29, 1.82) is 0 Å². The lowest BCUT2D eigenvalue weighted by atomic mass is 9.92. The van der Waals surface area contributed by atoms with Gasteiger partial charge in [-0.15, -0.1) is 6.42 Å². The third kappa shape index (κ3) is 14.1. The predicted molar refractivity (Wildman–Crippen MR) is 136 cm³/mol. The van der Waals surface area contributed by atoms with E-state index in [0.717, 1.165) is 0 Å². The molecule has 39 heavy (non-hydrogen) atoms. The molecule has 1 amide bonds. The Morgan fingerprint density at radius 3 is 2.18 bits per heavy atom. The summed E-state index contributed by atoms with van der Waals surface area (Å²) in [5.41, 5.74) is 15.0. The van der Waals surface area contributed by atoms with Gasteiger partial charge in [-0.05, 0) is 0 Å². The molecule has 0 aromatic rings. The zero-order valence-corrected chi connectivity index (χ0v) is 22.2. The molecule has 0 aromatic heterocycles. The van der Waals surface area contributed by atoms with E-state index in [1.165, 1.54) is 0 Å². The van der Waals surface area contributed by atoms with Gasteiger partial charge in [0.25, 0.3) is 10.1 Å². The zero-order valence-electron chi connectivity index (χ0n) is 21.4. The Bertz CT molecular complexity index is 883. The number of aliphatic imine (C=N–C) groups is 1. The molecule has 1 aliphatic heterocycles. The van der Waals surface area contributed by atoms with E-state index >= 15 is 0 Å². The fourth-order valence-corrected chi connectivity index (χ4v) is 4.07. The molecule has 1 rings (SSSR count). The summed E-state index contributed by atoms with van der Waals surface area (Å²) >= 11 is 0. The number of aliphatic hydroxyl groups is 2. The normalized spacial score (nSPS) is 22.8. The first-order valence-electron chi connectivity index (χ1n) is 11.9. The van der Waals surface area contributed by atoms with Crippen molar-refractivity contribution < 1.29 is 56.4 Å². The number of guanidine groups is 1. The average Bonchev–Trinajstić information content (AvgIpc) is 2.87. The Morgan fingerprint density at radius 2 is 1.67 bits per heavy atom. The Kier molecular flexibility index (Phi) is 16.8. The maximum absolute atomic E-state index is 12.3. The number of alkyl carbamates (subject to hydrolysis) is 1. The van der Waals surface area contributed by atoms with Gasteiger partial charge in [0.15, 0.2) is 17.5 Å². The predicted octanol–water partition coefficient (Wildman–Crippen LogP) is -3.89. The standard InChI is InChI=1S/C21H39N5O12S/c1-2-4-33-6-8-35-10-11-36-9-7-34-5-3-25-21(29)38-18(15(28)13-27)19-17(22)14(26-20(23)24)12-16(37-19)39(30,31)32/h1,14-19,27-28H,3-13,22H2,(H,25,29)(H4,23,24,26)(H,30,31,32)/t14-,15+,16+,17+,18+,19+/m0/s1. The molecule has 6 atom stereocenters. The summed E-state index contributed by atoms with van der Waals surface area (Å²) in [6.45, 7) is 1.48. The minimum absolute atomic E-state index is 0.00336. The highest BCUT2D eigenvalue weighted by atomic mass is 32.2. The van der Waals surface area contributed by atoms with Crippen LogP contribution in [-0.2, 0) is 38.5 Å². The van der Waals surface area contributed by atoms with Gasteiger partial charge in [0, 0.05) is 13.0 Å². The van der Waals surface area contributed by atoms with E-state index in [1.54, 1.807) is 0 Å². The van der Waals surface area contributed by atoms with Crippen molar-refractivity contribution in [1.82, 2.24) is 5.32 Å². The second-order valence-electron chi connectivity index (χ2n) is 8.12. The first-order valence-corrected chi connectivity index (χ1v) is 13.5. The van der Waals surface area contributed by atoms with Crippen LogP contribution in [0.15, 0.2) is 4.99 Å². The highest BCUT2D eigenvalue weighted by molar-refractivity contribution is 7.86. The number of nitrogens with zero attached hydrogens (tertiary/aromatic N) is 1. The van der Waals surface area contributed by atoms with Crippen LogP contribution >= 0.6 is 0 Å². The molecule has 0 bridgehead atoms. The van der Waals surface area contributed by atoms with Gasteiger partial charge >= 0.3 is 6.09 Å². The van der Waals surface area contributed by atoms with Crippen molar-refractivity contribution in [3.05, 3.63) is 0 Å². The molecule has 226 valence electrons. The molecule has 1 heterocycles. The first kappa shape index (κ1) is 34.7. The number of terminal acetylenes is 1. The summed E-state index contributed by atoms with van der Waals surface area (Å²) < 4.78 is 64.4. The number of hydrogen-bond donors (Lipinski definition) is 7. The monoisotopic (exact) mass is 585 g/mol. The molecule has 0 spiro atoms. The van der Waals surface area contributed by atoms with Crippen LogP contribution in [0.4, 0.5) is 4.79 Å². The maximum Gasteiger partial charge on any atom is 0.407 e. The van der Waals surface area contributed by atoms with E-state index in [9.17, 15) is 28.0 Å². The Labute approximate surface area is 227 Å². The fourth-order valence-electron chi connectivity index (χ4n) is 3.36. The Morgan fingerprint density at radius 1 is 1.10 bits per heavy atom. The number of nitrogens with two attached hydrogens (primary N) is 3. The van der Waals surface area contributed by atoms with Gasteiger partial charge in [-0.1, -0.05) is 5.92 Å². The molecule has 0 unspecified atom stereocenters. The molecule has 1 aliphatic rings. The number of amides is 1. The number of aliphatic hydroxyl groups excluding tert-OH is 2. The third-order valence-corrected chi connectivity index (χ3v) is 6.13. The highest BCUT2D eigenvalue weighted by Gasteiger charge is 2.48. The van der Waals surface area contributed by atoms with Gasteiger partial charge in [-0.25, -0.2) is 9.79 Å². The van der Waals surface area contributed by atoms with E-state index in [2.05, 4.69) is 16.2 Å². The first-order chi connectivity index (χ1) is 18.5. The van der Waals surface area contributed by atoms with Crippen molar-refractivity contribution in [2.24, 2.45) is 22.2 Å². The van der Waals surface area contributed by atoms with Crippen LogP contribution in [0.2, 0.25) is 0 Å². The summed E-state index contributed by atoms with van der Waals surface area (Å²) in [5.74, 6) is 1.93. The minimum Gasteiger partial charge on any atom is -0.441 e. The largest absolute Gasteiger partial charge is 0.441 e. The lowest BCUT2D eigenvalue weighted by Crippen LogP contribution is -2.62. The maximum atomic E-state index is 12.3. The molecular formula is C21H39N5O12S. The van der Waals surface area contributed by atoms with Gasteiger partial charge in [-0.2, -0.15) is 8.42 Å². The second-order valence-corrected chi connectivity index (χ2v) is 9.68. The van der Waals surface area contributed by atoms with Gasteiger partial charge in [0.2, 0.25) is 0 Å². The quantitative estimate of drug-likeness (QED) is 0.0251. The second kappa shape index (κ2) is 18.9. The highest BCUT2D eigenvalue weighted by Crippen LogP contribution is 2.28. The number of nitrogens with one attached hydrogen (secondary N) is 1. The summed E-state index contributed by atoms with van der Waals surface area (Å²) in [6.07, 6.45) is -1.28. The van der Waals surface area contributed by atoms with Crippen molar-refractivity contribution in [2.45, 2.75) is 42.3 Å². The van der Waals surface area contributed by atoms with Crippen LogP contribution in [0.3, 0.4) is 0 Å². The van der Waals surface area contributed by atoms with Crippen molar-refractivity contribution in [2.75, 3.05) is 66.0 Å². The van der Waals surface area contributed by atoms with Crippen LogP contribution in [0.1, 0.15) is 6.42 Å². The molecule has 0 radical (unpaired) electrons. The summed E-state index contributed by atoms with van der Waals surface area (Å²) in [6, 6.07) is -2.25. The minimum atomic E-state index is -4.76. The van der Waals surface area contributed by atoms with Gasteiger partial charge in [0.05, 0.1) is 64.9 Å². The van der Waals surface area contributed by atoms with Crippen LogP contribution in [-0.4, -0.2) is 137 Å². The van der Waals surface area contributed by atoms with E-state index in [4.69, 9.17) is 52.0 Å². The number of carbonyl (C=O) groups excluding carboxylic acids is 1. The lowest BCUT2D eigenvalue weighted by molar-refractivity contribution is -0.138. The number of hydrogen-bond acceptors (Lipinski definition) is 13. The molecule has 0 aromatic carbocycles.